The van der Waals surface area contributed by atoms with Crippen molar-refractivity contribution >= 4 is 31.8 Å². The molecule has 2 amide bonds. The number of carbonyl (C=O) groups is 1. The number of carbonyl (C=O) groups excluding carboxylic acids is 1. The Kier molecular flexibility index (Phi) is 24.1. The maximum atomic E-state index is 14.5. The third-order valence-electron chi connectivity index (χ3n) is 11.6. The normalized spacial score (nSPS) is 11.1. The fourth-order valence-electron chi connectivity index (χ4n) is 7.87. The van der Waals surface area contributed by atoms with Gasteiger partial charge in [-0.15, -0.1) is 5.26 Å². The van der Waals surface area contributed by atoms with E-state index in [1.807, 2.05) is 95.3 Å². The molecule has 4 N–H and O–H groups in total. The van der Waals surface area contributed by atoms with Gasteiger partial charge >= 0.3 is 6.03 Å². The summed E-state index contributed by atoms with van der Waals surface area (Å²) in [5.74, 6) is -1.00. The Morgan fingerprint density at radius 1 is 0.671 bits per heavy atom. The predicted octanol–water partition coefficient (Wildman–Crippen LogP) is 10.2. The maximum absolute atomic E-state index is 14.5. The average molecular weight is 1080 g/mol. The molecular formula is C56H64F2N10O6S2. The van der Waals surface area contributed by atoms with Gasteiger partial charge in [0.15, 0.2) is 5.75 Å². The minimum absolute atomic E-state index is 0.0138. The van der Waals surface area contributed by atoms with Gasteiger partial charge in [0, 0.05) is 42.2 Å². The lowest BCUT2D eigenvalue weighted by Gasteiger charge is -2.21. The van der Waals surface area contributed by atoms with E-state index >= 15 is 0 Å². The van der Waals surface area contributed by atoms with Crippen molar-refractivity contribution in [3.63, 3.8) is 0 Å². The van der Waals surface area contributed by atoms with Crippen molar-refractivity contribution in [2.24, 2.45) is 5.14 Å². The van der Waals surface area contributed by atoms with E-state index in [4.69, 9.17) is 20.4 Å². The van der Waals surface area contributed by atoms with Crippen molar-refractivity contribution in [1.82, 2.24) is 24.5 Å². The summed E-state index contributed by atoms with van der Waals surface area (Å²) in [6.07, 6.45) is 5.44. The molecule has 16 nitrogen and oxygen atoms in total. The van der Waals surface area contributed by atoms with Crippen LogP contribution < -0.4 is 19.9 Å². The van der Waals surface area contributed by atoms with Gasteiger partial charge in [0.25, 0.3) is 6.26 Å². The molecule has 2 aromatic heterocycles. The molecule has 76 heavy (non-hydrogen) atoms. The minimum atomic E-state index is -3.92. The fraction of sp³-hybridized carbons (Fsp3) is 0.321. The molecule has 0 atom stereocenters. The summed E-state index contributed by atoms with van der Waals surface area (Å²) >= 11 is 0. The standard InChI is InChI=1S/C28H32FN5O3S.C16H12FN3O.C12H20N2O2S/c1-4-34(19-21-9-6-5-7-10-21)13-8-14-38(36,37)33-28(35)32-27-25(20(2)3)16-23(29)17-26(27)22-11-12-31-24(15-22)18-30;1-10(2)14-6-12(17)7-15(16(14)21-9-19)11-3-4-20-13(5-11)8-18;1-2-14(9-6-10-17(13,15)16)11-12-7-4-3-5-8-12/h5-7,9-12,15-17,20H,4,8,13-14,19H2,1-3H3,(H2,32,33,35);3-7,10H,1-2H3;3-5,7-8H,2,6,9-11H2,1H3,(H2,13,15,16). The SMILES string of the molecule is CC(C)c1cc(F)cc(-c2ccnc(C#N)c2)c1OC#N.CCN(CCCS(=O)(=O)NC(=O)Nc1c(-c2ccnc(C#N)c2)cc(F)cc1C(C)C)Cc1ccccc1.CCN(CCCS(N)(=O)=O)Cc1ccccc1. The van der Waals surface area contributed by atoms with Crippen LogP contribution in [0.2, 0.25) is 0 Å². The third-order valence-corrected chi connectivity index (χ3v) is 13.8. The monoisotopic (exact) mass is 1070 g/mol. The zero-order chi connectivity index (χ0) is 55.8. The van der Waals surface area contributed by atoms with E-state index < -0.39 is 37.7 Å². The Morgan fingerprint density at radius 3 is 1.58 bits per heavy atom. The van der Waals surface area contributed by atoms with Crippen molar-refractivity contribution in [1.29, 1.82) is 15.8 Å². The lowest BCUT2D eigenvalue weighted by molar-refractivity contribution is 0.256. The van der Waals surface area contributed by atoms with Crippen LogP contribution in [0.4, 0.5) is 19.3 Å². The number of hydrogen-bond acceptors (Lipinski definition) is 13. The highest BCUT2D eigenvalue weighted by Crippen LogP contribution is 2.39. The summed E-state index contributed by atoms with van der Waals surface area (Å²) in [7, 11) is -7.25. The summed E-state index contributed by atoms with van der Waals surface area (Å²) in [5, 5.41) is 34.5. The lowest BCUT2D eigenvalue weighted by atomic mass is 9.94. The van der Waals surface area contributed by atoms with E-state index in [0.717, 1.165) is 31.7 Å². The van der Waals surface area contributed by atoms with Crippen molar-refractivity contribution in [2.75, 3.05) is 43.0 Å². The Balaban J connectivity index is 0.000000275. The summed E-state index contributed by atoms with van der Waals surface area (Å²) in [6, 6.07) is 34.4. The second-order valence-corrected chi connectivity index (χ2v) is 21.6. The van der Waals surface area contributed by atoms with E-state index in [0.29, 0.717) is 65.1 Å². The first-order chi connectivity index (χ1) is 36.2. The molecule has 2 heterocycles. The van der Waals surface area contributed by atoms with Gasteiger partial charge in [-0.1, -0.05) is 102 Å². The Morgan fingerprint density at radius 2 is 1.13 bits per heavy atom. The highest BCUT2D eigenvalue weighted by atomic mass is 32.2. The van der Waals surface area contributed by atoms with Crippen molar-refractivity contribution in [2.45, 2.75) is 79.3 Å². The molecule has 0 saturated heterocycles. The molecule has 0 aliphatic carbocycles. The number of amides is 2. The molecule has 20 heteroatoms. The highest BCUT2D eigenvalue weighted by molar-refractivity contribution is 7.90. The van der Waals surface area contributed by atoms with Crippen molar-refractivity contribution < 1.29 is 35.1 Å². The van der Waals surface area contributed by atoms with Crippen LogP contribution in [0.25, 0.3) is 22.3 Å². The van der Waals surface area contributed by atoms with E-state index in [1.54, 1.807) is 18.4 Å². The average Bonchev–Trinajstić information content (AvgIpc) is 3.39. The molecule has 0 radical (unpaired) electrons. The van der Waals surface area contributed by atoms with Crippen molar-refractivity contribution in [3.05, 3.63) is 167 Å². The highest BCUT2D eigenvalue weighted by Gasteiger charge is 2.22. The van der Waals surface area contributed by atoms with E-state index in [1.165, 1.54) is 54.4 Å². The van der Waals surface area contributed by atoms with Gasteiger partial charge in [0.1, 0.15) is 35.2 Å². The second kappa shape index (κ2) is 30.0. The second-order valence-electron chi connectivity index (χ2n) is 18.0. The molecule has 400 valence electrons. The van der Waals surface area contributed by atoms with Crippen LogP contribution in [0, 0.1) is 45.8 Å². The zero-order valence-electron chi connectivity index (χ0n) is 43.5. The van der Waals surface area contributed by atoms with E-state index in [-0.39, 0.29) is 40.4 Å². The van der Waals surface area contributed by atoms with Gasteiger partial charge < -0.3 is 10.1 Å². The molecule has 4 aromatic carbocycles. The minimum Gasteiger partial charge on any atom is -0.387 e. The summed E-state index contributed by atoms with van der Waals surface area (Å²) in [4.78, 5) is 25.0. The van der Waals surface area contributed by atoms with Crippen LogP contribution in [0.15, 0.2) is 122 Å². The molecule has 0 bridgehead atoms. The van der Waals surface area contributed by atoms with Crippen molar-refractivity contribution in [3.8, 4) is 46.4 Å². The van der Waals surface area contributed by atoms with E-state index in [2.05, 4.69) is 48.9 Å². The Bertz CT molecular complexity index is 3220. The smallest absolute Gasteiger partial charge is 0.332 e. The van der Waals surface area contributed by atoms with Gasteiger partial charge in [-0.25, -0.2) is 50.2 Å². The molecule has 0 saturated carbocycles. The van der Waals surface area contributed by atoms with Gasteiger partial charge in [-0.05, 0) is 127 Å². The quantitative estimate of drug-likeness (QED) is 0.0568. The number of primary sulfonamides is 1. The van der Waals surface area contributed by atoms with Crippen LogP contribution in [0.5, 0.6) is 5.75 Å². The molecule has 6 aromatic rings. The van der Waals surface area contributed by atoms with Gasteiger partial charge in [-0.2, -0.15) is 10.5 Å². The number of pyridine rings is 2. The van der Waals surface area contributed by atoms with Crippen LogP contribution >= 0.6 is 0 Å². The van der Waals surface area contributed by atoms with Crippen LogP contribution in [0.3, 0.4) is 0 Å². The zero-order valence-corrected chi connectivity index (χ0v) is 45.1. The predicted molar refractivity (Wildman–Crippen MR) is 291 cm³/mol. The first-order valence-electron chi connectivity index (χ1n) is 24.5. The maximum Gasteiger partial charge on any atom is 0.332 e. The number of nitriles is 3. The van der Waals surface area contributed by atoms with Gasteiger partial charge in [0.05, 0.1) is 17.2 Å². The summed E-state index contributed by atoms with van der Waals surface area (Å²) < 4.78 is 82.5. The molecule has 0 aliphatic heterocycles. The number of nitrogens with zero attached hydrogens (tertiary/aromatic N) is 7. The number of nitrogens with one attached hydrogen (secondary N) is 2. The molecule has 0 aliphatic rings. The Labute approximate surface area is 445 Å². The summed E-state index contributed by atoms with van der Waals surface area (Å²) in [5.41, 5.74) is 5.87. The number of ether oxygens (including phenoxy) is 1. The number of sulfonamides is 2. The molecule has 0 spiro atoms. The first-order valence-corrected chi connectivity index (χ1v) is 27.9. The van der Waals surface area contributed by atoms with E-state index in [9.17, 15) is 35.7 Å². The van der Waals surface area contributed by atoms with Gasteiger partial charge in [-0.3, -0.25) is 9.80 Å². The molecule has 6 rings (SSSR count). The molecule has 0 fully saturated rings. The van der Waals surface area contributed by atoms with Crippen LogP contribution in [-0.2, 0) is 33.1 Å². The number of nitrogens with two attached hydrogens (primary N) is 1. The number of halogens is 2. The molecule has 0 unspecified atom stereocenters. The largest absolute Gasteiger partial charge is 0.387 e. The number of rotatable bonds is 21. The van der Waals surface area contributed by atoms with Gasteiger partial charge in [0.2, 0.25) is 20.0 Å². The fourth-order valence-corrected chi connectivity index (χ4v) is 9.34. The number of urea groups is 1. The number of hydrogen-bond donors (Lipinski definition) is 3. The number of benzene rings is 4. The number of aromatic nitrogens is 2. The first kappa shape index (κ1) is 60.9. The van der Waals surface area contributed by atoms with Crippen LogP contribution in [-0.4, -0.2) is 80.3 Å². The topological polar surface area (TPSA) is 248 Å². The molecular weight excluding hydrogens is 1010 g/mol. The van der Waals surface area contributed by atoms with Crippen LogP contribution in [0.1, 0.15) is 99.9 Å². The number of anilines is 1. The Hall–Kier alpha value is -7.64. The lowest BCUT2D eigenvalue weighted by Crippen LogP contribution is -2.37. The summed E-state index contributed by atoms with van der Waals surface area (Å²) in [6.45, 7) is 16.0. The third kappa shape index (κ3) is 20.2.